The first-order valence-corrected chi connectivity index (χ1v) is 8.89. The minimum absolute atomic E-state index is 0.362. The van der Waals surface area contributed by atoms with Crippen LogP contribution < -0.4 is 5.32 Å². The van der Waals surface area contributed by atoms with Gasteiger partial charge in [0.05, 0.1) is 0 Å². The number of fused-ring (bicyclic) bond motifs is 1. The van der Waals surface area contributed by atoms with Gasteiger partial charge in [-0.3, -0.25) is 0 Å². The highest BCUT2D eigenvalue weighted by molar-refractivity contribution is 9.10. The van der Waals surface area contributed by atoms with E-state index in [1.165, 1.54) is 25.7 Å². The fourth-order valence-corrected chi connectivity index (χ4v) is 4.38. The van der Waals surface area contributed by atoms with Gasteiger partial charge in [0.1, 0.15) is 0 Å². The molecule has 1 unspecified atom stereocenters. The van der Waals surface area contributed by atoms with E-state index in [1.54, 1.807) is 0 Å². The summed E-state index contributed by atoms with van der Waals surface area (Å²) >= 11 is 5.47. The molecule has 0 spiro atoms. The molecular formula is C18H18BrNS. The topological polar surface area (TPSA) is 12.0 Å². The first kappa shape index (κ1) is 14.8. The summed E-state index contributed by atoms with van der Waals surface area (Å²) < 4.78 is 2.52. The van der Waals surface area contributed by atoms with Gasteiger partial charge in [-0.25, -0.2) is 0 Å². The van der Waals surface area contributed by atoms with Crippen LogP contribution in [-0.2, 0) is 6.42 Å². The summed E-state index contributed by atoms with van der Waals surface area (Å²) in [5.41, 5.74) is 2.78. The van der Waals surface area contributed by atoms with Crippen molar-refractivity contribution in [2.45, 2.75) is 19.4 Å². The van der Waals surface area contributed by atoms with Crippen LogP contribution in [0.25, 0.3) is 10.1 Å². The van der Waals surface area contributed by atoms with Crippen molar-refractivity contribution >= 4 is 37.4 Å². The lowest BCUT2D eigenvalue weighted by molar-refractivity contribution is 0.554. The highest BCUT2D eigenvalue weighted by Gasteiger charge is 2.16. The van der Waals surface area contributed by atoms with Crippen LogP contribution in [0, 0.1) is 0 Å². The van der Waals surface area contributed by atoms with Gasteiger partial charge in [-0.05, 0) is 56.9 Å². The molecule has 0 saturated carbocycles. The van der Waals surface area contributed by atoms with Gasteiger partial charge < -0.3 is 5.32 Å². The van der Waals surface area contributed by atoms with E-state index in [0.29, 0.717) is 6.04 Å². The van der Waals surface area contributed by atoms with Crippen LogP contribution in [0.4, 0.5) is 0 Å². The van der Waals surface area contributed by atoms with Crippen LogP contribution in [0.1, 0.15) is 24.1 Å². The SMILES string of the molecule is CCNC(Cc1ccccc1)c1csc2c(Br)cccc12. The highest BCUT2D eigenvalue weighted by atomic mass is 79.9. The standard InChI is InChI=1S/C18H18BrNS/c1-2-20-17(11-13-7-4-3-5-8-13)15-12-21-18-14(15)9-6-10-16(18)19/h3-10,12,17,20H,2,11H2,1H3. The minimum Gasteiger partial charge on any atom is -0.310 e. The van der Waals surface area contributed by atoms with Gasteiger partial charge in [0.25, 0.3) is 0 Å². The Kier molecular flexibility index (Phi) is 4.73. The Labute approximate surface area is 138 Å². The van der Waals surface area contributed by atoms with Crippen molar-refractivity contribution in [3.8, 4) is 0 Å². The molecule has 3 heteroatoms. The Morgan fingerprint density at radius 2 is 1.90 bits per heavy atom. The molecule has 0 amide bonds. The fourth-order valence-electron chi connectivity index (χ4n) is 2.70. The Balaban J connectivity index is 1.97. The number of benzene rings is 2. The molecule has 1 aromatic heterocycles. The van der Waals surface area contributed by atoms with Crippen molar-refractivity contribution < 1.29 is 0 Å². The van der Waals surface area contributed by atoms with Crippen molar-refractivity contribution in [1.29, 1.82) is 0 Å². The zero-order valence-electron chi connectivity index (χ0n) is 12.0. The van der Waals surface area contributed by atoms with Gasteiger partial charge in [-0.2, -0.15) is 0 Å². The minimum atomic E-state index is 0.362. The number of halogens is 1. The van der Waals surface area contributed by atoms with Gasteiger partial charge in [0.2, 0.25) is 0 Å². The number of rotatable bonds is 5. The third kappa shape index (κ3) is 3.20. The second kappa shape index (κ2) is 6.73. The van der Waals surface area contributed by atoms with E-state index in [1.807, 2.05) is 11.3 Å². The number of thiophene rings is 1. The molecule has 2 aromatic carbocycles. The lowest BCUT2D eigenvalue weighted by atomic mass is 9.98. The summed E-state index contributed by atoms with van der Waals surface area (Å²) in [5.74, 6) is 0. The average Bonchev–Trinajstić information content (AvgIpc) is 2.93. The summed E-state index contributed by atoms with van der Waals surface area (Å²) in [4.78, 5) is 0. The predicted molar refractivity (Wildman–Crippen MR) is 96.1 cm³/mol. The number of hydrogen-bond donors (Lipinski definition) is 1. The maximum absolute atomic E-state index is 3.66. The molecule has 1 atom stereocenters. The molecule has 108 valence electrons. The molecule has 21 heavy (non-hydrogen) atoms. The van der Waals surface area contributed by atoms with Gasteiger partial charge in [-0.1, -0.05) is 49.4 Å². The van der Waals surface area contributed by atoms with Crippen molar-refractivity contribution in [2.24, 2.45) is 0 Å². The number of hydrogen-bond acceptors (Lipinski definition) is 2. The van der Waals surface area contributed by atoms with Gasteiger partial charge >= 0.3 is 0 Å². The Morgan fingerprint density at radius 1 is 1.10 bits per heavy atom. The molecule has 0 bridgehead atoms. The first-order chi connectivity index (χ1) is 10.3. The van der Waals surface area contributed by atoms with Crippen LogP contribution in [0.2, 0.25) is 0 Å². The summed E-state index contributed by atoms with van der Waals surface area (Å²) in [6, 6.07) is 17.5. The molecule has 1 N–H and O–H groups in total. The highest BCUT2D eigenvalue weighted by Crippen LogP contribution is 2.36. The summed E-state index contributed by atoms with van der Waals surface area (Å²) in [7, 11) is 0. The van der Waals surface area contributed by atoms with Crippen molar-refractivity contribution in [3.63, 3.8) is 0 Å². The molecular weight excluding hydrogens is 342 g/mol. The number of nitrogens with one attached hydrogen (secondary N) is 1. The normalized spacial score (nSPS) is 12.7. The molecule has 0 fully saturated rings. The Hall–Kier alpha value is -1.16. The number of likely N-dealkylation sites (N-methyl/N-ethyl adjacent to an activating group) is 1. The molecule has 3 aromatic rings. The lowest BCUT2D eigenvalue weighted by Gasteiger charge is -2.18. The van der Waals surface area contributed by atoms with E-state index >= 15 is 0 Å². The third-order valence-corrected chi connectivity index (χ3v) is 5.66. The van der Waals surface area contributed by atoms with Gasteiger partial charge in [-0.15, -0.1) is 11.3 Å². The molecule has 0 aliphatic rings. The quantitative estimate of drug-likeness (QED) is 0.628. The molecule has 0 aliphatic heterocycles. The monoisotopic (exact) mass is 359 g/mol. The first-order valence-electron chi connectivity index (χ1n) is 7.22. The lowest BCUT2D eigenvalue weighted by Crippen LogP contribution is -2.22. The second-order valence-electron chi connectivity index (χ2n) is 5.11. The second-order valence-corrected chi connectivity index (χ2v) is 6.84. The van der Waals surface area contributed by atoms with Crippen LogP contribution in [0.5, 0.6) is 0 Å². The van der Waals surface area contributed by atoms with E-state index in [0.717, 1.165) is 13.0 Å². The van der Waals surface area contributed by atoms with Crippen LogP contribution in [0.15, 0.2) is 58.4 Å². The van der Waals surface area contributed by atoms with E-state index in [4.69, 9.17) is 0 Å². The van der Waals surface area contributed by atoms with Crippen molar-refractivity contribution in [2.75, 3.05) is 6.54 Å². The van der Waals surface area contributed by atoms with E-state index in [-0.39, 0.29) is 0 Å². The smallest absolute Gasteiger partial charge is 0.0488 e. The van der Waals surface area contributed by atoms with E-state index in [9.17, 15) is 0 Å². The van der Waals surface area contributed by atoms with Crippen molar-refractivity contribution in [1.82, 2.24) is 5.32 Å². The van der Waals surface area contributed by atoms with Crippen molar-refractivity contribution in [3.05, 3.63) is 69.5 Å². The van der Waals surface area contributed by atoms with Crippen LogP contribution in [0.3, 0.4) is 0 Å². The average molecular weight is 360 g/mol. The summed E-state index contributed by atoms with van der Waals surface area (Å²) in [5, 5.41) is 7.29. The van der Waals surface area contributed by atoms with E-state index < -0.39 is 0 Å². The zero-order valence-corrected chi connectivity index (χ0v) is 14.4. The van der Waals surface area contributed by atoms with Crippen LogP contribution >= 0.6 is 27.3 Å². The molecule has 3 rings (SSSR count). The molecule has 1 heterocycles. The third-order valence-electron chi connectivity index (χ3n) is 3.69. The maximum Gasteiger partial charge on any atom is 0.0488 e. The van der Waals surface area contributed by atoms with Gasteiger partial charge in [0.15, 0.2) is 0 Å². The fraction of sp³-hybridized carbons (Fsp3) is 0.222. The largest absolute Gasteiger partial charge is 0.310 e. The molecule has 0 radical (unpaired) electrons. The zero-order chi connectivity index (χ0) is 14.7. The molecule has 0 saturated heterocycles. The Bertz CT molecular complexity index is 720. The van der Waals surface area contributed by atoms with Gasteiger partial charge in [0, 0.05) is 15.2 Å². The molecule has 0 aliphatic carbocycles. The maximum atomic E-state index is 3.66. The van der Waals surface area contributed by atoms with Crippen LogP contribution in [-0.4, -0.2) is 6.54 Å². The molecule has 1 nitrogen and oxygen atoms in total. The van der Waals surface area contributed by atoms with E-state index in [2.05, 4.69) is 82.1 Å². The Morgan fingerprint density at radius 3 is 2.67 bits per heavy atom. The summed E-state index contributed by atoms with van der Waals surface area (Å²) in [6.07, 6.45) is 1.02. The predicted octanol–water partition coefficient (Wildman–Crippen LogP) is 5.56. The summed E-state index contributed by atoms with van der Waals surface area (Å²) in [6.45, 7) is 3.14.